The molecule has 1 saturated heterocycles. The smallest absolute Gasteiger partial charge is 0.182 e. The summed E-state index contributed by atoms with van der Waals surface area (Å²) in [5.74, 6) is -0.820. The third-order valence-corrected chi connectivity index (χ3v) is 17.1. The van der Waals surface area contributed by atoms with Gasteiger partial charge in [-0.15, -0.1) is 0 Å². The van der Waals surface area contributed by atoms with Crippen LogP contribution in [0.2, 0.25) is 0 Å². The third kappa shape index (κ3) is 7.36. The van der Waals surface area contributed by atoms with Crippen LogP contribution >= 0.6 is 0 Å². The van der Waals surface area contributed by atoms with Crippen molar-refractivity contribution in [3.05, 3.63) is 35.2 Å². The SMILES string of the molecule is CCC[C@@H]1CC[C@H]2[C@H](C)[C@H]([C@@H](O)[C@](C)(O)[C@H]3CC[C@@]4(O)C5=C(NC[C@H](C)O)C(=O)[C@@H]6C[C@@H](O)[C@@H](O)C[C@]6(CCC6=CNC(N)C=C6)[C@H]5[C@H](CNC)C[C@]34C)O[C@@H]2CC1. The number of aliphatic hydroxyl groups excluding tert-OH is 4. The number of carbonyl (C=O) groups excluding carboxylic acids is 1. The molecule has 5 fully saturated rings. The standard InChI is InChI=1S/C46H76N4O8/c1-7-8-27-9-12-30-26(3)41(58-34(30)13-10-27)42(55)44(5,56)35-16-18-46(57)38-37(29(24-48-6)20-43(35,46)4)45(17-15-28-11-14-36(47)49-23-28)21-33(53)32(52)19-31(45)40(54)39(38)50-22-25(2)51/h11,14,23,25-27,29-37,41-42,48-53,55-57H,7-10,12-13,15-22,24,47H2,1-6H3/t25-,26-,27+,29-,30-,31-,32+,33-,34+,35-,36?,37-,41+,42+,43+,44+,45-,46+/m0/s1. The van der Waals surface area contributed by atoms with Gasteiger partial charge in [0.15, 0.2) is 5.78 Å². The molecule has 0 radical (unpaired) electrons. The first-order valence-corrected chi connectivity index (χ1v) is 22.8. The van der Waals surface area contributed by atoms with Gasteiger partial charge in [-0.25, -0.2) is 0 Å². The minimum atomic E-state index is -1.63. The van der Waals surface area contributed by atoms with Crippen molar-refractivity contribution in [1.29, 1.82) is 0 Å². The lowest BCUT2D eigenvalue weighted by atomic mass is 9.41. The average molecular weight is 813 g/mol. The zero-order valence-corrected chi connectivity index (χ0v) is 36.0. The first kappa shape index (κ1) is 44.2. The fourth-order valence-electron chi connectivity index (χ4n) is 14.2. The van der Waals surface area contributed by atoms with Gasteiger partial charge in [0.05, 0.1) is 53.6 Å². The second-order valence-corrected chi connectivity index (χ2v) is 20.5. The summed E-state index contributed by atoms with van der Waals surface area (Å²) in [5, 5.41) is 82.1. The molecule has 0 amide bonds. The predicted octanol–water partition coefficient (Wildman–Crippen LogP) is 3.14. The van der Waals surface area contributed by atoms with Crippen molar-refractivity contribution in [1.82, 2.24) is 16.0 Å². The fraction of sp³-hybridized carbons (Fsp3) is 0.848. The van der Waals surface area contributed by atoms with Crippen LogP contribution < -0.4 is 21.7 Å². The molecule has 1 unspecified atom stereocenters. The van der Waals surface area contributed by atoms with Crippen LogP contribution in [0.4, 0.5) is 0 Å². The first-order valence-electron chi connectivity index (χ1n) is 22.8. The molecule has 0 spiro atoms. The Balaban J connectivity index is 1.28. The Morgan fingerprint density at radius 1 is 1.12 bits per heavy atom. The molecule has 7 aliphatic rings. The second kappa shape index (κ2) is 16.8. The molecule has 12 heteroatoms. The molecule has 58 heavy (non-hydrogen) atoms. The van der Waals surface area contributed by atoms with Crippen LogP contribution in [0.25, 0.3) is 0 Å². The largest absolute Gasteiger partial charge is 0.392 e. The number of nitrogens with two attached hydrogens (primary N) is 1. The highest BCUT2D eigenvalue weighted by Gasteiger charge is 2.73. The molecule has 0 bridgehead atoms. The van der Waals surface area contributed by atoms with E-state index in [9.17, 15) is 30.6 Å². The van der Waals surface area contributed by atoms with Crippen LogP contribution in [0.15, 0.2) is 35.2 Å². The molecule has 2 heterocycles. The van der Waals surface area contributed by atoms with E-state index in [2.05, 4.69) is 29.8 Å². The highest BCUT2D eigenvalue weighted by Crippen LogP contribution is 2.71. The van der Waals surface area contributed by atoms with Gasteiger partial charge in [0.2, 0.25) is 0 Å². The Bertz CT molecular complexity index is 1600. The number of dihydropyridines is 1. The summed E-state index contributed by atoms with van der Waals surface area (Å²) in [5.41, 5.74) is 3.00. The third-order valence-electron chi connectivity index (χ3n) is 17.1. The number of allylic oxidation sites excluding steroid dienone is 3. The summed E-state index contributed by atoms with van der Waals surface area (Å²) in [4.78, 5) is 15.2. The number of nitrogens with one attached hydrogen (secondary N) is 3. The van der Waals surface area contributed by atoms with Crippen molar-refractivity contribution in [3.8, 4) is 0 Å². The Labute approximate surface area is 346 Å². The first-order chi connectivity index (χ1) is 27.4. The van der Waals surface area contributed by atoms with Crippen molar-refractivity contribution in [2.45, 2.75) is 172 Å². The molecule has 18 atom stereocenters. The van der Waals surface area contributed by atoms with Gasteiger partial charge in [0.1, 0.15) is 6.10 Å². The molecule has 12 nitrogen and oxygen atoms in total. The zero-order chi connectivity index (χ0) is 41.9. The summed E-state index contributed by atoms with van der Waals surface area (Å²) < 4.78 is 6.76. The Hall–Kier alpha value is -1.87. The number of aliphatic hydroxyl groups is 6. The van der Waals surface area contributed by atoms with Gasteiger partial charge in [-0.1, -0.05) is 46.1 Å². The molecular formula is C46H76N4O8. The van der Waals surface area contributed by atoms with Crippen molar-refractivity contribution >= 4 is 5.78 Å². The van der Waals surface area contributed by atoms with E-state index < -0.39 is 64.4 Å². The molecule has 0 aromatic rings. The topological polar surface area (TPSA) is 210 Å². The van der Waals surface area contributed by atoms with Gasteiger partial charge >= 0.3 is 0 Å². The molecule has 4 saturated carbocycles. The monoisotopic (exact) mass is 813 g/mol. The Kier molecular flexibility index (Phi) is 12.8. The van der Waals surface area contributed by atoms with Crippen LogP contribution in [0, 0.1) is 52.3 Å². The molecule has 2 aliphatic heterocycles. The fourth-order valence-corrected chi connectivity index (χ4v) is 14.2. The normalized spacial score (nSPS) is 45.8. The zero-order valence-electron chi connectivity index (χ0n) is 36.0. The van der Waals surface area contributed by atoms with Gasteiger partial charge in [-0.2, -0.15) is 0 Å². The Morgan fingerprint density at radius 3 is 2.53 bits per heavy atom. The van der Waals surface area contributed by atoms with Crippen molar-refractivity contribution in [2.75, 3.05) is 20.1 Å². The van der Waals surface area contributed by atoms with Gasteiger partial charge in [0, 0.05) is 24.1 Å². The van der Waals surface area contributed by atoms with E-state index >= 15 is 4.79 Å². The molecule has 11 N–H and O–H groups in total. The second-order valence-electron chi connectivity index (χ2n) is 20.5. The summed E-state index contributed by atoms with van der Waals surface area (Å²) in [7, 11) is 1.90. The molecular weight excluding hydrogens is 737 g/mol. The van der Waals surface area contributed by atoms with E-state index in [1.54, 1.807) is 13.8 Å². The molecule has 0 aromatic heterocycles. The van der Waals surface area contributed by atoms with Crippen LogP contribution in [-0.4, -0.2) is 111 Å². The van der Waals surface area contributed by atoms with E-state index in [0.29, 0.717) is 55.3 Å². The predicted molar refractivity (Wildman–Crippen MR) is 223 cm³/mol. The van der Waals surface area contributed by atoms with Crippen LogP contribution in [0.5, 0.6) is 0 Å². The number of ketones is 1. The van der Waals surface area contributed by atoms with E-state index in [4.69, 9.17) is 10.5 Å². The number of ether oxygens (including phenoxy) is 1. The van der Waals surface area contributed by atoms with Gasteiger partial charge < -0.3 is 57.1 Å². The lowest BCUT2D eigenvalue weighted by Gasteiger charge is -2.65. The molecule has 0 aromatic carbocycles. The number of hydrogen-bond acceptors (Lipinski definition) is 12. The maximum absolute atomic E-state index is 15.2. The molecule has 328 valence electrons. The van der Waals surface area contributed by atoms with Crippen LogP contribution in [0.1, 0.15) is 118 Å². The number of rotatable bonds is 13. The van der Waals surface area contributed by atoms with Crippen LogP contribution in [-0.2, 0) is 9.53 Å². The highest BCUT2D eigenvalue weighted by molar-refractivity contribution is 6.00. The lowest BCUT2D eigenvalue weighted by molar-refractivity contribution is -0.206. The van der Waals surface area contributed by atoms with E-state index in [0.717, 1.165) is 24.8 Å². The van der Waals surface area contributed by atoms with E-state index in [-0.39, 0.29) is 61.6 Å². The van der Waals surface area contributed by atoms with Gasteiger partial charge in [-0.3, -0.25) is 4.79 Å². The van der Waals surface area contributed by atoms with Crippen molar-refractivity contribution < 1.29 is 40.2 Å². The Morgan fingerprint density at radius 2 is 1.86 bits per heavy atom. The molecule has 5 aliphatic carbocycles. The van der Waals surface area contributed by atoms with Gasteiger partial charge in [0.25, 0.3) is 0 Å². The summed E-state index contributed by atoms with van der Waals surface area (Å²) in [6.07, 6.45) is 10.3. The average Bonchev–Trinajstić information content (AvgIpc) is 3.55. The molecule has 7 rings (SSSR count). The number of fused-ring (bicyclic) bond motifs is 6. The summed E-state index contributed by atoms with van der Waals surface area (Å²) in [6, 6.07) is 0. The highest BCUT2D eigenvalue weighted by atomic mass is 16.5. The number of Topliss-reactive ketones (excluding diaryl/α,β-unsaturated/α-hetero) is 1. The van der Waals surface area contributed by atoms with E-state index in [1.807, 2.05) is 32.3 Å². The minimum absolute atomic E-state index is 0.0562. The lowest BCUT2D eigenvalue weighted by Crippen LogP contribution is -2.68. The van der Waals surface area contributed by atoms with E-state index in [1.165, 1.54) is 19.3 Å². The number of hydrogen-bond donors (Lipinski definition) is 10. The van der Waals surface area contributed by atoms with Crippen molar-refractivity contribution in [2.24, 2.45) is 58.0 Å². The van der Waals surface area contributed by atoms with Gasteiger partial charge in [-0.05, 0) is 150 Å². The minimum Gasteiger partial charge on any atom is -0.392 e. The maximum Gasteiger partial charge on any atom is 0.182 e. The number of carbonyl (C=O) groups is 1. The summed E-state index contributed by atoms with van der Waals surface area (Å²) in [6.45, 7) is 10.5. The maximum atomic E-state index is 15.2. The quantitative estimate of drug-likeness (QED) is 0.130. The van der Waals surface area contributed by atoms with Crippen LogP contribution in [0.3, 0.4) is 0 Å². The van der Waals surface area contributed by atoms with Crippen molar-refractivity contribution in [3.63, 3.8) is 0 Å². The summed E-state index contributed by atoms with van der Waals surface area (Å²) >= 11 is 0.